The molecule has 3 N–H and O–H groups in total. The van der Waals surface area contributed by atoms with Crippen molar-refractivity contribution in [3.63, 3.8) is 0 Å². The lowest BCUT2D eigenvalue weighted by atomic mass is 10.4. The SMILES string of the molecule is Cc1nn(-c2nc(NN)nc(N3CCCC3)n2)c(C)c1Cl. The molecule has 0 spiro atoms. The zero-order chi connectivity index (χ0) is 15.0. The number of hydrogen-bond acceptors (Lipinski definition) is 7. The Bertz CT molecular complexity index is 662. The lowest BCUT2D eigenvalue weighted by Gasteiger charge is -2.16. The maximum absolute atomic E-state index is 6.18. The van der Waals surface area contributed by atoms with Crippen molar-refractivity contribution in [2.45, 2.75) is 26.7 Å². The van der Waals surface area contributed by atoms with Gasteiger partial charge in [0.1, 0.15) is 0 Å². The Kier molecular flexibility index (Phi) is 3.64. The maximum Gasteiger partial charge on any atom is 0.257 e. The van der Waals surface area contributed by atoms with Crippen LogP contribution in [0, 0.1) is 13.8 Å². The molecule has 0 unspecified atom stereocenters. The molecule has 0 atom stereocenters. The van der Waals surface area contributed by atoms with Gasteiger partial charge in [0, 0.05) is 13.1 Å². The Morgan fingerprint density at radius 3 is 2.33 bits per heavy atom. The minimum absolute atomic E-state index is 0.311. The number of nitrogens with one attached hydrogen (secondary N) is 1. The fourth-order valence-electron chi connectivity index (χ4n) is 2.39. The van der Waals surface area contributed by atoms with E-state index in [1.165, 1.54) is 0 Å². The summed E-state index contributed by atoms with van der Waals surface area (Å²) >= 11 is 6.18. The molecule has 21 heavy (non-hydrogen) atoms. The molecule has 0 aromatic carbocycles. The highest BCUT2D eigenvalue weighted by molar-refractivity contribution is 6.31. The number of anilines is 2. The average molecular weight is 309 g/mol. The number of rotatable bonds is 3. The normalized spacial score (nSPS) is 14.8. The van der Waals surface area contributed by atoms with Gasteiger partial charge in [-0.15, -0.1) is 0 Å². The molecule has 9 heteroatoms. The average Bonchev–Trinajstić information content (AvgIpc) is 3.12. The van der Waals surface area contributed by atoms with Gasteiger partial charge in [-0.25, -0.2) is 10.5 Å². The van der Waals surface area contributed by atoms with Crippen LogP contribution in [0.1, 0.15) is 24.2 Å². The molecule has 1 aliphatic rings. The molecule has 0 aliphatic carbocycles. The Morgan fingerprint density at radius 1 is 1.10 bits per heavy atom. The number of nitrogens with zero attached hydrogens (tertiary/aromatic N) is 6. The van der Waals surface area contributed by atoms with Crippen LogP contribution in [0.5, 0.6) is 0 Å². The van der Waals surface area contributed by atoms with E-state index in [4.69, 9.17) is 17.4 Å². The number of nitrogen functional groups attached to an aromatic ring is 1. The van der Waals surface area contributed by atoms with E-state index < -0.39 is 0 Å². The molecule has 2 aromatic rings. The molecule has 1 saturated heterocycles. The lowest BCUT2D eigenvalue weighted by molar-refractivity contribution is 0.754. The van der Waals surface area contributed by atoms with E-state index in [0.717, 1.165) is 37.3 Å². The molecule has 3 heterocycles. The van der Waals surface area contributed by atoms with Crippen LogP contribution in [-0.4, -0.2) is 37.8 Å². The topological polar surface area (TPSA) is 97.8 Å². The summed E-state index contributed by atoms with van der Waals surface area (Å²) in [6, 6.07) is 0. The van der Waals surface area contributed by atoms with Crippen molar-refractivity contribution < 1.29 is 0 Å². The van der Waals surface area contributed by atoms with Crippen LogP contribution in [0.15, 0.2) is 0 Å². The fraction of sp³-hybridized carbons (Fsp3) is 0.500. The smallest absolute Gasteiger partial charge is 0.257 e. The van der Waals surface area contributed by atoms with E-state index in [0.29, 0.717) is 22.9 Å². The summed E-state index contributed by atoms with van der Waals surface area (Å²) in [5, 5.41) is 4.98. The predicted octanol–water partition coefficient (Wildman–Crippen LogP) is 1.21. The van der Waals surface area contributed by atoms with Gasteiger partial charge in [-0.2, -0.15) is 20.1 Å². The second-order valence-corrected chi connectivity index (χ2v) is 5.37. The van der Waals surface area contributed by atoms with Crippen LogP contribution in [0.3, 0.4) is 0 Å². The summed E-state index contributed by atoms with van der Waals surface area (Å²) in [6.45, 7) is 5.59. The summed E-state index contributed by atoms with van der Waals surface area (Å²) in [6.07, 6.45) is 2.27. The van der Waals surface area contributed by atoms with Crippen LogP contribution < -0.4 is 16.2 Å². The van der Waals surface area contributed by atoms with Gasteiger partial charge in [-0.3, -0.25) is 5.43 Å². The molecule has 2 aromatic heterocycles. The third-order valence-electron chi connectivity index (χ3n) is 3.52. The molecular formula is C12H17ClN8. The molecular weight excluding hydrogens is 292 g/mol. The van der Waals surface area contributed by atoms with Gasteiger partial charge in [0.25, 0.3) is 5.95 Å². The summed E-state index contributed by atoms with van der Waals surface area (Å²) in [4.78, 5) is 15.2. The Hall–Kier alpha value is -1.93. The van der Waals surface area contributed by atoms with Crippen LogP contribution in [0.25, 0.3) is 5.95 Å². The van der Waals surface area contributed by atoms with Crippen molar-refractivity contribution in [1.29, 1.82) is 0 Å². The molecule has 0 saturated carbocycles. The quantitative estimate of drug-likeness (QED) is 0.649. The summed E-state index contributed by atoms with van der Waals surface area (Å²) in [7, 11) is 0. The van der Waals surface area contributed by atoms with E-state index in [-0.39, 0.29) is 0 Å². The standard InChI is InChI=1S/C12H17ClN8/c1-7-9(13)8(2)21(19-7)12-16-10(18-14)15-11(17-12)20-5-3-4-6-20/h3-6,14H2,1-2H3,(H,15,16,17,18). The van der Waals surface area contributed by atoms with Gasteiger partial charge in [0.05, 0.1) is 16.4 Å². The van der Waals surface area contributed by atoms with Gasteiger partial charge in [0.2, 0.25) is 11.9 Å². The van der Waals surface area contributed by atoms with Crippen LogP contribution in [0.2, 0.25) is 5.02 Å². The van der Waals surface area contributed by atoms with E-state index in [9.17, 15) is 0 Å². The van der Waals surface area contributed by atoms with E-state index in [1.54, 1.807) is 4.68 Å². The molecule has 0 bridgehead atoms. The summed E-state index contributed by atoms with van der Waals surface area (Å²) in [5.74, 6) is 6.79. The lowest BCUT2D eigenvalue weighted by Crippen LogP contribution is -2.24. The van der Waals surface area contributed by atoms with E-state index in [1.807, 2.05) is 13.8 Å². The van der Waals surface area contributed by atoms with E-state index in [2.05, 4.69) is 30.4 Å². The minimum Gasteiger partial charge on any atom is -0.341 e. The Labute approximate surface area is 127 Å². The Morgan fingerprint density at radius 2 is 1.76 bits per heavy atom. The highest BCUT2D eigenvalue weighted by Gasteiger charge is 2.20. The number of hydrogen-bond donors (Lipinski definition) is 2. The van der Waals surface area contributed by atoms with Gasteiger partial charge >= 0.3 is 0 Å². The molecule has 1 fully saturated rings. The number of hydrazine groups is 1. The fourth-order valence-corrected chi connectivity index (χ4v) is 2.51. The maximum atomic E-state index is 6.18. The van der Waals surface area contributed by atoms with Crippen molar-refractivity contribution in [1.82, 2.24) is 24.7 Å². The first-order chi connectivity index (χ1) is 10.1. The van der Waals surface area contributed by atoms with Gasteiger partial charge in [-0.1, -0.05) is 11.6 Å². The van der Waals surface area contributed by atoms with Crippen LogP contribution in [-0.2, 0) is 0 Å². The number of nitrogens with two attached hydrogens (primary N) is 1. The van der Waals surface area contributed by atoms with Gasteiger partial charge in [0.15, 0.2) is 0 Å². The number of aromatic nitrogens is 5. The van der Waals surface area contributed by atoms with Gasteiger partial charge < -0.3 is 4.90 Å². The molecule has 0 radical (unpaired) electrons. The van der Waals surface area contributed by atoms with E-state index >= 15 is 0 Å². The Balaban J connectivity index is 2.08. The largest absolute Gasteiger partial charge is 0.341 e. The zero-order valence-electron chi connectivity index (χ0n) is 12.0. The molecule has 8 nitrogen and oxygen atoms in total. The van der Waals surface area contributed by atoms with Crippen molar-refractivity contribution in [2.24, 2.45) is 5.84 Å². The van der Waals surface area contributed by atoms with Crippen molar-refractivity contribution >= 4 is 23.5 Å². The van der Waals surface area contributed by atoms with Crippen molar-refractivity contribution in [3.8, 4) is 5.95 Å². The molecule has 3 rings (SSSR count). The first kappa shape index (κ1) is 14.0. The van der Waals surface area contributed by atoms with Crippen LogP contribution in [0.4, 0.5) is 11.9 Å². The number of halogens is 1. The summed E-state index contributed by atoms with van der Waals surface area (Å²) < 4.78 is 1.61. The monoisotopic (exact) mass is 308 g/mol. The second kappa shape index (κ2) is 5.45. The molecule has 1 aliphatic heterocycles. The summed E-state index contributed by atoms with van der Waals surface area (Å²) in [5.41, 5.74) is 4.00. The number of aryl methyl sites for hydroxylation is 1. The highest BCUT2D eigenvalue weighted by Crippen LogP contribution is 2.23. The predicted molar refractivity (Wildman–Crippen MR) is 80.7 cm³/mol. The zero-order valence-corrected chi connectivity index (χ0v) is 12.7. The minimum atomic E-state index is 0.311. The molecule has 0 amide bonds. The highest BCUT2D eigenvalue weighted by atomic mass is 35.5. The third kappa shape index (κ3) is 2.52. The van der Waals surface area contributed by atoms with Crippen LogP contribution >= 0.6 is 11.6 Å². The second-order valence-electron chi connectivity index (χ2n) is 4.99. The van der Waals surface area contributed by atoms with Gasteiger partial charge in [-0.05, 0) is 26.7 Å². The first-order valence-corrected chi connectivity index (χ1v) is 7.17. The molecule has 112 valence electrons. The first-order valence-electron chi connectivity index (χ1n) is 6.80. The third-order valence-corrected chi connectivity index (χ3v) is 4.07. The van der Waals surface area contributed by atoms with Crippen molar-refractivity contribution in [3.05, 3.63) is 16.4 Å². The van der Waals surface area contributed by atoms with Crippen molar-refractivity contribution in [2.75, 3.05) is 23.4 Å².